The number of carbonyl (C=O) groups excluding carboxylic acids is 1. The molecule has 2 amide bonds. The Labute approximate surface area is 134 Å². The van der Waals surface area contributed by atoms with Crippen LogP contribution < -0.4 is 10.6 Å². The predicted octanol–water partition coefficient (Wildman–Crippen LogP) is 4.13. The van der Waals surface area contributed by atoms with Crippen LogP contribution in [0.4, 0.5) is 10.5 Å². The number of aliphatic carboxylic acids is 1. The Balaban J connectivity index is 2.76. The molecule has 1 aromatic rings. The number of anilines is 1. The Morgan fingerprint density at radius 2 is 2.00 bits per heavy atom. The highest BCUT2D eigenvalue weighted by atomic mass is 79.9. The maximum absolute atomic E-state index is 11.8. The van der Waals surface area contributed by atoms with Crippen LogP contribution in [-0.4, -0.2) is 23.1 Å². The zero-order chi connectivity index (χ0) is 15.3. The molecule has 0 aliphatic rings. The first-order valence-corrected chi connectivity index (χ1v) is 7.35. The van der Waals surface area contributed by atoms with Gasteiger partial charge in [-0.05, 0) is 34.5 Å². The molecule has 0 spiro atoms. The van der Waals surface area contributed by atoms with Gasteiger partial charge in [-0.2, -0.15) is 0 Å². The molecular formula is C12H13BrCl2N2O3. The lowest BCUT2D eigenvalue weighted by Crippen LogP contribution is -2.42. The molecule has 0 bridgehead atoms. The van der Waals surface area contributed by atoms with Crippen LogP contribution in [0.1, 0.15) is 19.8 Å². The predicted molar refractivity (Wildman–Crippen MR) is 82.6 cm³/mol. The molecule has 0 fully saturated rings. The largest absolute Gasteiger partial charge is 0.480 e. The molecule has 0 radical (unpaired) electrons. The van der Waals surface area contributed by atoms with Crippen LogP contribution in [0.2, 0.25) is 10.0 Å². The number of carboxylic acids is 1. The summed E-state index contributed by atoms with van der Waals surface area (Å²) in [6, 6.07) is 1.61. The minimum Gasteiger partial charge on any atom is -0.480 e. The topological polar surface area (TPSA) is 78.4 Å². The van der Waals surface area contributed by atoms with Gasteiger partial charge in [0.1, 0.15) is 6.04 Å². The number of halogens is 3. The zero-order valence-electron chi connectivity index (χ0n) is 10.5. The van der Waals surface area contributed by atoms with E-state index in [0.29, 0.717) is 23.0 Å². The summed E-state index contributed by atoms with van der Waals surface area (Å²) >= 11 is 15.1. The normalized spacial score (nSPS) is 11.8. The summed E-state index contributed by atoms with van der Waals surface area (Å²) in [5.74, 6) is -1.08. The minimum atomic E-state index is -1.08. The first-order valence-electron chi connectivity index (χ1n) is 5.80. The van der Waals surface area contributed by atoms with E-state index in [1.807, 2.05) is 6.92 Å². The lowest BCUT2D eigenvalue weighted by molar-refractivity contribution is -0.139. The van der Waals surface area contributed by atoms with Gasteiger partial charge in [0.05, 0.1) is 15.7 Å². The van der Waals surface area contributed by atoms with Crippen molar-refractivity contribution >= 4 is 56.8 Å². The molecule has 0 saturated carbocycles. The van der Waals surface area contributed by atoms with Crippen molar-refractivity contribution in [3.8, 4) is 0 Å². The van der Waals surface area contributed by atoms with Gasteiger partial charge >= 0.3 is 12.0 Å². The summed E-state index contributed by atoms with van der Waals surface area (Å²) in [5, 5.41) is 14.2. The summed E-state index contributed by atoms with van der Waals surface area (Å²) in [6.07, 6.45) is 0.986. The average molecular weight is 384 g/mol. The van der Waals surface area contributed by atoms with Gasteiger partial charge in [-0.1, -0.05) is 36.5 Å². The minimum absolute atomic E-state index is 0.179. The monoisotopic (exact) mass is 382 g/mol. The second kappa shape index (κ2) is 7.71. The van der Waals surface area contributed by atoms with Crippen LogP contribution in [0.25, 0.3) is 0 Å². The first-order chi connectivity index (χ1) is 9.36. The molecule has 0 unspecified atom stereocenters. The third-order valence-electron chi connectivity index (χ3n) is 2.46. The van der Waals surface area contributed by atoms with Gasteiger partial charge in [-0.3, -0.25) is 0 Å². The van der Waals surface area contributed by atoms with E-state index >= 15 is 0 Å². The number of rotatable bonds is 5. The Kier molecular flexibility index (Phi) is 6.58. The molecule has 3 N–H and O–H groups in total. The number of hydrogen-bond acceptors (Lipinski definition) is 2. The molecule has 0 heterocycles. The first kappa shape index (κ1) is 17.1. The molecule has 1 atom stereocenters. The fraction of sp³-hybridized carbons (Fsp3) is 0.333. The van der Waals surface area contributed by atoms with E-state index in [1.165, 1.54) is 0 Å². The lowest BCUT2D eigenvalue weighted by Gasteiger charge is -2.15. The summed E-state index contributed by atoms with van der Waals surface area (Å²) in [5.41, 5.74) is 0.304. The van der Waals surface area contributed by atoms with E-state index in [4.69, 9.17) is 28.3 Å². The molecule has 8 heteroatoms. The van der Waals surface area contributed by atoms with Crippen molar-refractivity contribution in [3.05, 3.63) is 26.7 Å². The number of carboxylic acid groups (broad SMARTS) is 1. The van der Waals surface area contributed by atoms with Crippen LogP contribution in [0.3, 0.4) is 0 Å². The van der Waals surface area contributed by atoms with Crippen molar-refractivity contribution in [3.63, 3.8) is 0 Å². The smallest absolute Gasteiger partial charge is 0.326 e. The highest BCUT2D eigenvalue weighted by molar-refractivity contribution is 9.10. The number of carbonyl (C=O) groups is 2. The Bertz CT molecular complexity index is 526. The molecule has 0 aliphatic carbocycles. The number of benzene rings is 1. The maximum Gasteiger partial charge on any atom is 0.326 e. The molecule has 0 saturated heterocycles. The van der Waals surface area contributed by atoms with Crippen LogP contribution in [0.15, 0.2) is 16.6 Å². The lowest BCUT2D eigenvalue weighted by atomic mass is 10.2. The number of amides is 2. The van der Waals surface area contributed by atoms with E-state index in [9.17, 15) is 9.59 Å². The fourth-order valence-electron chi connectivity index (χ4n) is 1.49. The molecule has 0 aromatic heterocycles. The third kappa shape index (κ3) is 4.54. The number of nitrogens with one attached hydrogen (secondary N) is 2. The molecule has 110 valence electrons. The van der Waals surface area contributed by atoms with Crippen LogP contribution in [0.5, 0.6) is 0 Å². The molecule has 0 aliphatic heterocycles. The number of urea groups is 1. The van der Waals surface area contributed by atoms with Gasteiger partial charge in [-0.15, -0.1) is 0 Å². The van der Waals surface area contributed by atoms with Crippen molar-refractivity contribution in [2.24, 2.45) is 0 Å². The van der Waals surface area contributed by atoms with Crippen LogP contribution >= 0.6 is 39.1 Å². The fourth-order valence-corrected chi connectivity index (χ4v) is 2.31. The average Bonchev–Trinajstić information content (AvgIpc) is 2.39. The van der Waals surface area contributed by atoms with E-state index in [-0.39, 0.29) is 10.0 Å². The Morgan fingerprint density at radius 1 is 1.35 bits per heavy atom. The Hall–Kier alpha value is -0.980. The molecule has 20 heavy (non-hydrogen) atoms. The van der Waals surface area contributed by atoms with Gasteiger partial charge in [0.15, 0.2) is 0 Å². The van der Waals surface area contributed by atoms with Crippen molar-refractivity contribution in [1.29, 1.82) is 0 Å². The molecule has 5 nitrogen and oxygen atoms in total. The summed E-state index contributed by atoms with van der Waals surface area (Å²) in [6.45, 7) is 1.83. The highest BCUT2D eigenvalue weighted by Gasteiger charge is 2.19. The molecule has 1 rings (SSSR count). The van der Waals surface area contributed by atoms with Crippen molar-refractivity contribution < 1.29 is 14.7 Å². The SMILES string of the molecule is CCC[C@H](NC(=O)Nc1ccc(Br)c(Cl)c1Cl)C(=O)O. The summed E-state index contributed by atoms with van der Waals surface area (Å²) in [7, 11) is 0. The summed E-state index contributed by atoms with van der Waals surface area (Å²) in [4.78, 5) is 22.7. The highest BCUT2D eigenvalue weighted by Crippen LogP contribution is 2.35. The van der Waals surface area contributed by atoms with Crippen molar-refractivity contribution in [2.45, 2.75) is 25.8 Å². The van der Waals surface area contributed by atoms with E-state index in [1.54, 1.807) is 12.1 Å². The Morgan fingerprint density at radius 3 is 2.55 bits per heavy atom. The summed E-state index contributed by atoms with van der Waals surface area (Å²) < 4.78 is 0.601. The maximum atomic E-state index is 11.8. The van der Waals surface area contributed by atoms with Crippen molar-refractivity contribution in [1.82, 2.24) is 5.32 Å². The van der Waals surface area contributed by atoms with Crippen LogP contribution in [0, 0.1) is 0 Å². The zero-order valence-corrected chi connectivity index (χ0v) is 13.6. The van der Waals surface area contributed by atoms with Crippen LogP contribution in [-0.2, 0) is 4.79 Å². The van der Waals surface area contributed by atoms with Gasteiger partial charge in [0.2, 0.25) is 0 Å². The van der Waals surface area contributed by atoms with E-state index in [0.717, 1.165) is 0 Å². The van der Waals surface area contributed by atoms with Gasteiger partial charge in [0.25, 0.3) is 0 Å². The number of hydrogen-bond donors (Lipinski definition) is 3. The van der Waals surface area contributed by atoms with Gasteiger partial charge in [-0.25, -0.2) is 9.59 Å². The standard InChI is InChI=1S/C12H13BrCl2N2O3/c1-2-3-8(11(18)19)17-12(20)16-7-5-4-6(13)9(14)10(7)15/h4-5,8H,2-3H2,1H3,(H,18,19)(H2,16,17,20)/t8-/m0/s1. The molecule has 1 aromatic carbocycles. The molecular weight excluding hydrogens is 371 g/mol. The second-order valence-electron chi connectivity index (χ2n) is 4.00. The quantitative estimate of drug-likeness (QED) is 0.669. The van der Waals surface area contributed by atoms with Gasteiger partial charge in [0, 0.05) is 4.47 Å². The van der Waals surface area contributed by atoms with Crippen molar-refractivity contribution in [2.75, 3.05) is 5.32 Å². The van der Waals surface area contributed by atoms with Gasteiger partial charge < -0.3 is 15.7 Å². The third-order valence-corrected chi connectivity index (χ3v) is 4.24. The second-order valence-corrected chi connectivity index (χ2v) is 5.61. The van der Waals surface area contributed by atoms with E-state index in [2.05, 4.69) is 26.6 Å². The van der Waals surface area contributed by atoms with E-state index < -0.39 is 18.0 Å².